The molecular formula is C7H16BrNO4S2. The Morgan fingerprint density at radius 3 is 2.00 bits per heavy atom. The van der Waals surface area contributed by atoms with Gasteiger partial charge in [0.2, 0.25) is 10.0 Å². The van der Waals surface area contributed by atoms with Crippen LogP contribution in [-0.4, -0.2) is 50.9 Å². The van der Waals surface area contributed by atoms with E-state index in [-0.39, 0.29) is 0 Å². The lowest BCUT2D eigenvalue weighted by Crippen LogP contribution is -2.37. The van der Waals surface area contributed by atoms with Gasteiger partial charge in [-0.3, -0.25) is 0 Å². The number of sulfonamides is 1. The average molecular weight is 322 g/mol. The van der Waals surface area contributed by atoms with Crippen molar-refractivity contribution in [1.29, 1.82) is 0 Å². The van der Waals surface area contributed by atoms with Gasteiger partial charge < -0.3 is 0 Å². The third-order valence-corrected chi connectivity index (χ3v) is 5.97. The van der Waals surface area contributed by atoms with Crippen LogP contribution < -0.4 is 0 Å². The molecule has 0 fully saturated rings. The van der Waals surface area contributed by atoms with Crippen molar-refractivity contribution in [2.75, 3.05) is 29.8 Å². The molecule has 0 radical (unpaired) electrons. The molecule has 0 aliphatic heterocycles. The van der Waals surface area contributed by atoms with Gasteiger partial charge >= 0.3 is 0 Å². The molecule has 0 N–H and O–H groups in total. The fourth-order valence-electron chi connectivity index (χ4n) is 1.08. The molecule has 0 aromatic rings. The highest BCUT2D eigenvalue weighted by Gasteiger charge is 2.25. The van der Waals surface area contributed by atoms with Gasteiger partial charge in [-0.05, 0) is 6.42 Å². The number of hydrogen-bond acceptors (Lipinski definition) is 4. The Hall–Kier alpha value is 0.340. The lowest BCUT2D eigenvalue weighted by Gasteiger charge is -2.19. The largest absolute Gasteiger partial charge is 0.228 e. The molecule has 0 aliphatic rings. The van der Waals surface area contributed by atoms with Crippen LogP contribution in [0.15, 0.2) is 0 Å². The fraction of sp³-hybridized carbons (Fsp3) is 1.00. The summed E-state index contributed by atoms with van der Waals surface area (Å²) in [6, 6.07) is 0. The second-order valence-corrected chi connectivity index (χ2v) is 8.51. The molecule has 0 bridgehead atoms. The van der Waals surface area contributed by atoms with Crippen LogP contribution in [0.1, 0.15) is 13.3 Å². The van der Waals surface area contributed by atoms with E-state index in [0.717, 1.165) is 6.26 Å². The number of nitrogens with zero attached hydrogens (tertiary/aromatic N) is 1. The van der Waals surface area contributed by atoms with Crippen LogP contribution >= 0.6 is 15.9 Å². The van der Waals surface area contributed by atoms with Crippen molar-refractivity contribution in [1.82, 2.24) is 4.31 Å². The summed E-state index contributed by atoms with van der Waals surface area (Å²) in [6.07, 6.45) is 1.58. The van der Waals surface area contributed by atoms with E-state index in [0.29, 0.717) is 24.8 Å². The van der Waals surface area contributed by atoms with Gasteiger partial charge in [-0.1, -0.05) is 22.9 Å². The Kier molecular flexibility index (Phi) is 6.31. The van der Waals surface area contributed by atoms with Crippen LogP contribution in [0.4, 0.5) is 0 Å². The highest BCUT2D eigenvalue weighted by atomic mass is 79.9. The fourth-order valence-corrected chi connectivity index (χ4v) is 5.33. The third-order valence-electron chi connectivity index (χ3n) is 1.56. The van der Waals surface area contributed by atoms with Gasteiger partial charge in [0.1, 0.15) is 0 Å². The zero-order chi connectivity index (χ0) is 12.1. The second kappa shape index (κ2) is 6.17. The van der Waals surface area contributed by atoms with E-state index >= 15 is 0 Å². The topological polar surface area (TPSA) is 71.5 Å². The molecule has 15 heavy (non-hydrogen) atoms. The lowest BCUT2D eigenvalue weighted by molar-refractivity contribution is 0.433. The molecule has 0 spiro atoms. The molecule has 8 heteroatoms. The predicted octanol–water partition coefficient (Wildman–Crippen LogP) is 0.425. The van der Waals surface area contributed by atoms with E-state index in [1.165, 1.54) is 4.31 Å². The summed E-state index contributed by atoms with van der Waals surface area (Å²) in [5.41, 5.74) is 0. The molecule has 0 saturated carbocycles. The summed E-state index contributed by atoms with van der Waals surface area (Å²) < 4.78 is 46.4. The quantitative estimate of drug-likeness (QED) is 0.637. The number of halogens is 1. The minimum Gasteiger partial charge on any atom is -0.228 e. The van der Waals surface area contributed by atoms with Crippen molar-refractivity contribution in [2.45, 2.75) is 13.3 Å². The molecule has 0 aromatic carbocycles. The van der Waals surface area contributed by atoms with E-state index < -0.39 is 24.9 Å². The van der Waals surface area contributed by atoms with Crippen LogP contribution in [0, 0.1) is 0 Å². The van der Waals surface area contributed by atoms with E-state index in [9.17, 15) is 16.8 Å². The van der Waals surface area contributed by atoms with Gasteiger partial charge in [0.05, 0.1) is 0 Å². The summed E-state index contributed by atoms with van der Waals surface area (Å²) in [6.45, 7) is 2.49. The van der Waals surface area contributed by atoms with Crippen LogP contribution in [0.5, 0.6) is 0 Å². The summed E-state index contributed by atoms with van der Waals surface area (Å²) in [5.74, 6) is 0. The first kappa shape index (κ1) is 15.3. The molecule has 0 rings (SSSR count). The average Bonchev–Trinajstić information content (AvgIpc) is 1.99. The van der Waals surface area contributed by atoms with Gasteiger partial charge in [0.25, 0.3) is 0 Å². The Bertz CT molecular complexity index is 370. The van der Waals surface area contributed by atoms with Crippen LogP contribution in [0.3, 0.4) is 0 Å². The summed E-state index contributed by atoms with van der Waals surface area (Å²) >= 11 is 3.14. The normalized spacial score (nSPS) is 13.3. The maximum absolute atomic E-state index is 11.7. The molecule has 0 aromatic heterocycles. The molecule has 0 saturated heterocycles. The van der Waals surface area contributed by atoms with Crippen molar-refractivity contribution in [2.24, 2.45) is 0 Å². The first-order chi connectivity index (χ1) is 6.73. The van der Waals surface area contributed by atoms with Crippen molar-refractivity contribution >= 4 is 35.8 Å². The number of sulfone groups is 1. The number of alkyl halides is 1. The summed E-state index contributed by atoms with van der Waals surface area (Å²) in [4.78, 5) is 0. The van der Waals surface area contributed by atoms with Crippen molar-refractivity contribution in [3.05, 3.63) is 0 Å². The van der Waals surface area contributed by atoms with Crippen molar-refractivity contribution in [3.63, 3.8) is 0 Å². The standard InChI is InChI=1S/C7H16BrNO4S2/c1-3-5-9(6-4-8)15(12,13)7-14(2,10)11/h3-7H2,1-2H3. The van der Waals surface area contributed by atoms with Gasteiger partial charge in [0.15, 0.2) is 14.9 Å². The zero-order valence-corrected chi connectivity index (χ0v) is 12.0. The maximum atomic E-state index is 11.7. The van der Waals surface area contributed by atoms with Gasteiger partial charge in [0, 0.05) is 24.7 Å². The molecule has 0 atom stereocenters. The molecule has 0 heterocycles. The Balaban J connectivity index is 4.79. The zero-order valence-electron chi connectivity index (χ0n) is 8.81. The van der Waals surface area contributed by atoms with E-state index in [1.807, 2.05) is 6.92 Å². The predicted molar refractivity (Wildman–Crippen MR) is 64.3 cm³/mol. The van der Waals surface area contributed by atoms with E-state index in [1.54, 1.807) is 0 Å². The Morgan fingerprint density at radius 2 is 1.67 bits per heavy atom. The molecule has 92 valence electrons. The maximum Gasteiger partial charge on any atom is 0.228 e. The third kappa shape index (κ3) is 6.49. The lowest BCUT2D eigenvalue weighted by atomic mass is 10.5. The molecular weight excluding hydrogens is 306 g/mol. The molecule has 0 unspecified atom stereocenters. The van der Waals surface area contributed by atoms with Gasteiger partial charge in [-0.2, -0.15) is 0 Å². The highest BCUT2D eigenvalue weighted by Crippen LogP contribution is 2.06. The van der Waals surface area contributed by atoms with E-state index in [4.69, 9.17) is 0 Å². The minimum absolute atomic E-state index is 0.297. The van der Waals surface area contributed by atoms with E-state index in [2.05, 4.69) is 15.9 Å². The highest BCUT2D eigenvalue weighted by molar-refractivity contribution is 9.09. The Morgan fingerprint density at radius 1 is 1.13 bits per heavy atom. The van der Waals surface area contributed by atoms with Gasteiger partial charge in [-0.15, -0.1) is 0 Å². The molecule has 0 amide bonds. The monoisotopic (exact) mass is 321 g/mol. The number of hydrogen-bond donors (Lipinski definition) is 0. The van der Waals surface area contributed by atoms with Crippen LogP contribution in [-0.2, 0) is 19.9 Å². The second-order valence-electron chi connectivity index (χ2n) is 3.24. The summed E-state index contributed by atoms with van der Waals surface area (Å²) in [7, 11) is -7.20. The summed E-state index contributed by atoms with van der Waals surface area (Å²) in [5, 5.41) is -0.316. The smallest absolute Gasteiger partial charge is 0.228 e. The molecule has 5 nitrogen and oxygen atoms in total. The first-order valence-electron chi connectivity index (χ1n) is 4.44. The van der Waals surface area contributed by atoms with Crippen molar-refractivity contribution < 1.29 is 16.8 Å². The SMILES string of the molecule is CCCN(CCBr)S(=O)(=O)CS(C)(=O)=O. The van der Waals surface area contributed by atoms with Crippen LogP contribution in [0.2, 0.25) is 0 Å². The van der Waals surface area contributed by atoms with Crippen LogP contribution in [0.25, 0.3) is 0 Å². The van der Waals surface area contributed by atoms with Gasteiger partial charge in [-0.25, -0.2) is 21.1 Å². The molecule has 0 aliphatic carbocycles. The Labute approximate surface area is 99.9 Å². The van der Waals surface area contributed by atoms with Crippen molar-refractivity contribution in [3.8, 4) is 0 Å². The number of rotatable bonds is 7. The first-order valence-corrected chi connectivity index (χ1v) is 9.23. The minimum atomic E-state index is -3.69.